The van der Waals surface area contributed by atoms with Gasteiger partial charge < -0.3 is 9.47 Å². The number of amides is 1. The summed E-state index contributed by atoms with van der Waals surface area (Å²) in [6, 6.07) is 14.8. The fourth-order valence-electron chi connectivity index (χ4n) is 3.99. The highest BCUT2D eigenvalue weighted by atomic mass is 35.5. The zero-order chi connectivity index (χ0) is 22.5. The Kier molecular flexibility index (Phi) is 5.10. The maximum Gasteiger partial charge on any atom is 0.260 e. The first kappa shape index (κ1) is 20.8. The van der Waals surface area contributed by atoms with Crippen molar-refractivity contribution in [3.05, 3.63) is 92.9 Å². The average molecular weight is 471 g/mol. The number of carbonyl (C=O) groups is 1. The van der Waals surface area contributed by atoms with E-state index in [-0.39, 0.29) is 36.1 Å². The number of halogens is 3. The molecule has 8 heteroatoms. The number of likely N-dealkylation sites (tertiary alicyclic amines) is 1. The van der Waals surface area contributed by atoms with Crippen molar-refractivity contribution >= 4 is 38.9 Å². The van der Waals surface area contributed by atoms with Crippen LogP contribution in [0.25, 0.3) is 21.2 Å². The highest BCUT2D eigenvalue weighted by Gasteiger charge is 2.46. The van der Waals surface area contributed by atoms with E-state index in [9.17, 15) is 14.0 Å². The molecule has 1 fully saturated rings. The summed E-state index contributed by atoms with van der Waals surface area (Å²) >= 11 is 7.30. The van der Waals surface area contributed by atoms with E-state index >= 15 is 4.39 Å². The van der Waals surface area contributed by atoms with Gasteiger partial charge in [-0.25, -0.2) is 8.78 Å². The standard InChI is InChI=1S/C24H17ClF2N2O2S/c25-18-10-15(6-7-19(18)26)17-12-32-20-8-9-28(23(31)22(17)20)11-21(30)29-13-24(27,14-29)16-4-2-1-3-5-16/h1-10,12H,11,13-14H2. The van der Waals surface area contributed by atoms with E-state index in [1.807, 2.05) is 11.4 Å². The van der Waals surface area contributed by atoms with Crippen LogP contribution < -0.4 is 5.56 Å². The maximum absolute atomic E-state index is 15.0. The third kappa shape index (κ3) is 3.51. The molecule has 32 heavy (non-hydrogen) atoms. The molecule has 1 aliphatic heterocycles. The van der Waals surface area contributed by atoms with Crippen LogP contribution in [0, 0.1) is 5.82 Å². The zero-order valence-corrected chi connectivity index (χ0v) is 18.3. The zero-order valence-electron chi connectivity index (χ0n) is 16.7. The number of nitrogens with zero attached hydrogens (tertiary/aromatic N) is 2. The topological polar surface area (TPSA) is 42.3 Å². The number of fused-ring (bicyclic) bond motifs is 1. The van der Waals surface area contributed by atoms with Crippen LogP contribution in [0.5, 0.6) is 0 Å². The highest BCUT2D eigenvalue weighted by Crippen LogP contribution is 2.36. The first-order valence-electron chi connectivity index (χ1n) is 9.94. The van der Waals surface area contributed by atoms with Gasteiger partial charge in [-0.15, -0.1) is 11.3 Å². The molecule has 0 atom stereocenters. The van der Waals surface area contributed by atoms with Gasteiger partial charge in [0.2, 0.25) is 5.91 Å². The van der Waals surface area contributed by atoms with Gasteiger partial charge >= 0.3 is 0 Å². The van der Waals surface area contributed by atoms with Gasteiger partial charge in [-0.05, 0) is 29.3 Å². The van der Waals surface area contributed by atoms with Gasteiger partial charge in [0.05, 0.1) is 23.5 Å². The van der Waals surface area contributed by atoms with Crippen LogP contribution >= 0.6 is 22.9 Å². The predicted octanol–water partition coefficient (Wildman–Crippen LogP) is 5.23. The number of aromatic nitrogens is 1. The molecule has 1 aliphatic rings. The van der Waals surface area contributed by atoms with E-state index in [1.54, 1.807) is 42.6 Å². The third-order valence-electron chi connectivity index (χ3n) is 5.76. The van der Waals surface area contributed by atoms with Gasteiger partial charge in [0, 0.05) is 21.8 Å². The second kappa shape index (κ2) is 7.83. The molecule has 1 amide bonds. The normalized spacial score (nSPS) is 15.0. The Morgan fingerprint density at radius 3 is 2.59 bits per heavy atom. The summed E-state index contributed by atoms with van der Waals surface area (Å²) in [5, 5.41) is 2.23. The van der Waals surface area contributed by atoms with E-state index in [1.165, 1.54) is 32.9 Å². The minimum Gasteiger partial charge on any atom is -0.334 e. The molecular weight excluding hydrogens is 454 g/mol. The number of hydrogen-bond donors (Lipinski definition) is 0. The first-order valence-corrected chi connectivity index (χ1v) is 11.2. The molecular formula is C24H17ClF2N2O2S. The summed E-state index contributed by atoms with van der Waals surface area (Å²) in [7, 11) is 0. The Morgan fingerprint density at radius 2 is 1.88 bits per heavy atom. The molecule has 0 unspecified atom stereocenters. The molecule has 0 N–H and O–H groups in total. The molecule has 0 saturated carbocycles. The molecule has 2 aromatic heterocycles. The van der Waals surface area contributed by atoms with Crippen molar-refractivity contribution in [3.8, 4) is 11.1 Å². The Balaban J connectivity index is 1.40. The Bertz CT molecular complexity index is 1390. The molecule has 0 spiro atoms. The molecule has 4 aromatic rings. The fraction of sp³-hybridized carbons (Fsp3) is 0.167. The highest BCUT2D eigenvalue weighted by molar-refractivity contribution is 7.17. The van der Waals surface area contributed by atoms with Gasteiger partial charge in [-0.3, -0.25) is 9.59 Å². The van der Waals surface area contributed by atoms with E-state index in [0.717, 1.165) is 4.70 Å². The number of carbonyl (C=O) groups excluding carboxylic acids is 1. The van der Waals surface area contributed by atoms with E-state index in [4.69, 9.17) is 11.6 Å². The number of thiophene rings is 1. The Hall–Kier alpha value is -3.03. The lowest BCUT2D eigenvalue weighted by Crippen LogP contribution is -2.59. The summed E-state index contributed by atoms with van der Waals surface area (Å²) in [6.45, 7) is -0.256. The van der Waals surface area contributed by atoms with Crippen LogP contribution in [0.4, 0.5) is 8.78 Å². The minimum absolute atomic E-state index is 0.0285. The van der Waals surface area contributed by atoms with Crippen LogP contribution in [0.3, 0.4) is 0 Å². The van der Waals surface area contributed by atoms with Crippen molar-refractivity contribution in [2.75, 3.05) is 13.1 Å². The first-order chi connectivity index (χ1) is 15.4. The van der Waals surface area contributed by atoms with Gasteiger partial charge in [0.1, 0.15) is 12.4 Å². The van der Waals surface area contributed by atoms with Crippen molar-refractivity contribution in [3.63, 3.8) is 0 Å². The minimum atomic E-state index is -1.56. The lowest BCUT2D eigenvalue weighted by atomic mass is 9.88. The molecule has 162 valence electrons. The summed E-state index contributed by atoms with van der Waals surface area (Å²) < 4.78 is 30.7. The van der Waals surface area contributed by atoms with E-state index < -0.39 is 11.5 Å². The number of benzene rings is 2. The predicted molar refractivity (Wildman–Crippen MR) is 122 cm³/mol. The third-order valence-corrected chi connectivity index (χ3v) is 7.00. The van der Waals surface area contributed by atoms with Gasteiger partial charge in [-0.2, -0.15) is 0 Å². The van der Waals surface area contributed by atoms with Crippen LogP contribution in [0.15, 0.2) is 71.0 Å². The summed E-state index contributed by atoms with van der Waals surface area (Å²) in [5.41, 5.74) is -0.0916. The van der Waals surface area contributed by atoms with Crippen LogP contribution in [-0.2, 0) is 17.0 Å². The molecule has 0 aliphatic carbocycles. The van der Waals surface area contributed by atoms with E-state index in [0.29, 0.717) is 22.1 Å². The van der Waals surface area contributed by atoms with Gasteiger partial charge in [-0.1, -0.05) is 48.0 Å². The molecule has 3 heterocycles. The van der Waals surface area contributed by atoms with Crippen LogP contribution in [-0.4, -0.2) is 28.5 Å². The quantitative estimate of drug-likeness (QED) is 0.410. The Morgan fingerprint density at radius 1 is 1.12 bits per heavy atom. The number of pyridine rings is 1. The average Bonchev–Trinajstić information content (AvgIpc) is 3.21. The van der Waals surface area contributed by atoms with Gasteiger partial charge in [0.25, 0.3) is 5.56 Å². The molecule has 5 rings (SSSR count). The molecule has 4 nitrogen and oxygen atoms in total. The molecule has 2 aromatic carbocycles. The largest absolute Gasteiger partial charge is 0.334 e. The number of rotatable bonds is 4. The molecule has 0 bridgehead atoms. The number of alkyl halides is 1. The van der Waals surface area contributed by atoms with Crippen molar-refractivity contribution in [1.29, 1.82) is 0 Å². The smallest absolute Gasteiger partial charge is 0.260 e. The lowest BCUT2D eigenvalue weighted by Gasteiger charge is -2.44. The second-order valence-electron chi connectivity index (χ2n) is 7.85. The second-order valence-corrected chi connectivity index (χ2v) is 9.17. The summed E-state index contributed by atoms with van der Waals surface area (Å²) in [6.07, 6.45) is 1.57. The monoisotopic (exact) mass is 470 g/mol. The molecule has 0 radical (unpaired) electrons. The van der Waals surface area contributed by atoms with Gasteiger partial charge in [0.15, 0.2) is 5.67 Å². The van der Waals surface area contributed by atoms with Crippen molar-refractivity contribution in [2.45, 2.75) is 12.2 Å². The van der Waals surface area contributed by atoms with Crippen molar-refractivity contribution in [1.82, 2.24) is 9.47 Å². The molecule has 1 saturated heterocycles. The van der Waals surface area contributed by atoms with Crippen LogP contribution in [0.1, 0.15) is 5.56 Å². The number of hydrogen-bond acceptors (Lipinski definition) is 3. The van der Waals surface area contributed by atoms with Crippen molar-refractivity contribution in [2.24, 2.45) is 0 Å². The Labute approximate surface area is 191 Å². The van der Waals surface area contributed by atoms with Crippen LogP contribution in [0.2, 0.25) is 5.02 Å². The van der Waals surface area contributed by atoms with Crippen molar-refractivity contribution < 1.29 is 13.6 Å². The summed E-state index contributed by atoms with van der Waals surface area (Å²) in [4.78, 5) is 27.3. The SMILES string of the molecule is O=C(Cn1ccc2scc(-c3ccc(F)c(Cl)c3)c2c1=O)N1CC(F)(c2ccccc2)C1. The fourth-order valence-corrected chi connectivity index (χ4v) is 5.12. The summed E-state index contributed by atoms with van der Waals surface area (Å²) in [5.74, 6) is -0.857. The lowest BCUT2D eigenvalue weighted by molar-refractivity contribution is -0.147. The van der Waals surface area contributed by atoms with E-state index in [2.05, 4.69) is 0 Å². The maximum atomic E-state index is 15.0.